The molecule has 1 heterocycles. The molecule has 0 aliphatic carbocycles. The van der Waals surface area contributed by atoms with Gasteiger partial charge in [0, 0.05) is 6.26 Å². The van der Waals surface area contributed by atoms with Gasteiger partial charge < -0.3 is 15.2 Å². The van der Waals surface area contributed by atoms with Crippen LogP contribution in [0.3, 0.4) is 0 Å². The summed E-state index contributed by atoms with van der Waals surface area (Å²) in [5.74, 6) is -0.0818. The number of H-pyrrole nitrogens is 1. The van der Waals surface area contributed by atoms with Gasteiger partial charge in [0.2, 0.25) is 0 Å². The minimum atomic E-state index is -3.43. The average molecular weight is 304 g/mol. The molecule has 108 valence electrons. The molecule has 3 N–H and O–H groups in total. The molecule has 3 rings (SSSR count). The van der Waals surface area contributed by atoms with Gasteiger partial charge in [0.1, 0.15) is 28.4 Å². The van der Waals surface area contributed by atoms with Gasteiger partial charge in [-0.3, -0.25) is 0 Å². The number of hydrogen-bond donors (Lipinski definition) is 3. The SMILES string of the molecule is CS(=O)(=O)c1cccc2[nH]c(-c3c(O)cccc3O)nc12. The lowest BCUT2D eigenvalue weighted by Crippen LogP contribution is -1.97. The molecule has 0 bridgehead atoms. The van der Waals surface area contributed by atoms with Crippen LogP contribution in [0.15, 0.2) is 41.3 Å². The van der Waals surface area contributed by atoms with Crippen molar-refractivity contribution in [1.29, 1.82) is 0 Å². The Hall–Kier alpha value is -2.54. The molecule has 0 radical (unpaired) electrons. The Balaban J connectivity index is 2.33. The van der Waals surface area contributed by atoms with Crippen LogP contribution >= 0.6 is 0 Å². The first-order valence-corrected chi connectivity index (χ1v) is 7.97. The van der Waals surface area contributed by atoms with Crippen LogP contribution in [0.5, 0.6) is 11.5 Å². The normalized spacial score (nSPS) is 11.9. The lowest BCUT2D eigenvalue weighted by atomic mass is 10.1. The van der Waals surface area contributed by atoms with E-state index < -0.39 is 9.84 Å². The molecular weight excluding hydrogens is 292 g/mol. The maximum absolute atomic E-state index is 11.8. The molecule has 0 aliphatic rings. The molecule has 21 heavy (non-hydrogen) atoms. The minimum Gasteiger partial charge on any atom is -0.507 e. The van der Waals surface area contributed by atoms with Gasteiger partial charge in [-0.1, -0.05) is 12.1 Å². The predicted molar refractivity (Wildman–Crippen MR) is 78.0 cm³/mol. The number of phenolic OH excluding ortho intramolecular Hbond substituents is 2. The number of phenols is 2. The molecule has 0 amide bonds. The summed E-state index contributed by atoms with van der Waals surface area (Å²) in [6.45, 7) is 0. The number of aromatic hydroxyl groups is 2. The molecule has 2 aromatic carbocycles. The highest BCUT2D eigenvalue weighted by atomic mass is 32.2. The first kappa shape index (κ1) is 13.4. The fourth-order valence-corrected chi connectivity index (χ4v) is 3.03. The fourth-order valence-electron chi connectivity index (χ4n) is 2.19. The number of aromatic amines is 1. The van der Waals surface area contributed by atoms with Crippen LogP contribution in [-0.4, -0.2) is 34.9 Å². The highest BCUT2D eigenvalue weighted by Crippen LogP contribution is 2.36. The van der Waals surface area contributed by atoms with Gasteiger partial charge in [0.15, 0.2) is 9.84 Å². The Bertz CT molecular complexity index is 925. The molecular formula is C14H12N2O4S. The largest absolute Gasteiger partial charge is 0.507 e. The second-order valence-electron chi connectivity index (χ2n) is 4.68. The van der Waals surface area contributed by atoms with E-state index in [4.69, 9.17) is 0 Å². The zero-order valence-corrected chi connectivity index (χ0v) is 11.8. The van der Waals surface area contributed by atoms with Crippen LogP contribution in [0.4, 0.5) is 0 Å². The molecule has 0 aliphatic heterocycles. The summed E-state index contributed by atoms with van der Waals surface area (Å²) in [6, 6.07) is 9.08. The van der Waals surface area contributed by atoms with Crippen molar-refractivity contribution in [1.82, 2.24) is 9.97 Å². The molecule has 0 spiro atoms. The molecule has 0 atom stereocenters. The maximum atomic E-state index is 11.8. The van der Waals surface area contributed by atoms with Crippen molar-refractivity contribution in [2.24, 2.45) is 0 Å². The predicted octanol–water partition coefficient (Wildman–Crippen LogP) is 2.04. The van der Waals surface area contributed by atoms with E-state index in [1.807, 2.05) is 0 Å². The summed E-state index contributed by atoms with van der Waals surface area (Å²) in [4.78, 5) is 7.22. The second kappa shape index (κ2) is 4.49. The smallest absolute Gasteiger partial charge is 0.177 e. The van der Waals surface area contributed by atoms with Gasteiger partial charge >= 0.3 is 0 Å². The standard InChI is InChI=1S/C14H12N2O4S/c1-21(19,20)11-7-2-4-8-13(11)16-14(15-8)12-9(17)5-3-6-10(12)18/h2-7,17-18H,1H3,(H,15,16). The van der Waals surface area contributed by atoms with E-state index in [1.165, 1.54) is 24.3 Å². The van der Waals surface area contributed by atoms with Gasteiger partial charge in [0.05, 0.1) is 10.4 Å². The Kier molecular flexibility index (Phi) is 2.87. The number of benzene rings is 2. The average Bonchev–Trinajstić information content (AvgIpc) is 2.80. The number of sulfone groups is 1. The number of aromatic nitrogens is 2. The Morgan fingerprint density at radius 3 is 2.29 bits per heavy atom. The third-order valence-corrected chi connectivity index (χ3v) is 4.26. The molecule has 0 saturated heterocycles. The van der Waals surface area contributed by atoms with Crippen molar-refractivity contribution < 1.29 is 18.6 Å². The monoisotopic (exact) mass is 304 g/mol. The molecule has 1 aromatic heterocycles. The number of hydrogen-bond acceptors (Lipinski definition) is 5. The number of nitrogens with one attached hydrogen (secondary N) is 1. The third kappa shape index (κ3) is 2.21. The van der Waals surface area contributed by atoms with Gasteiger partial charge in [0.25, 0.3) is 0 Å². The van der Waals surface area contributed by atoms with Crippen LogP contribution in [0, 0.1) is 0 Å². The zero-order valence-electron chi connectivity index (χ0n) is 11.0. The van der Waals surface area contributed by atoms with Gasteiger partial charge in [-0.2, -0.15) is 0 Å². The van der Waals surface area contributed by atoms with Gasteiger partial charge in [-0.25, -0.2) is 13.4 Å². The van der Waals surface area contributed by atoms with Crippen molar-refractivity contribution in [2.45, 2.75) is 4.90 Å². The first-order valence-electron chi connectivity index (χ1n) is 6.08. The van der Waals surface area contributed by atoms with Crippen molar-refractivity contribution >= 4 is 20.9 Å². The van der Waals surface area contributed by atoms with Gasteiger partial charge in [-0.15, -0.1) is 0 Å². The molecule has 0 fully saturated rings. The highest BCUT2D eigenvalue weighted by molar-refractivity contribution is 7.91. The first-order chi connectivity index (χ1) is 9.88. The number of rotatable bonds is 2. The van der Waals surface area contributed by atoms with E-state index in [1.54, 1.807) is 12.1 Å². The molecule has 6 nitrogen and oxygen atoms in total. The fraction of sp³-hybridized carbons (Fsp3) is 0.0714. The summed E-state index contributed by atoms with van der Waals surface area (Å²) < 4.78 is 23.5. The van der Waals surface area contributed by atoms with E-state index in [2.05, 4.69) is 9.97 Å². The van der Waals surface area contributed by atoms with E-state index >= 15 is 0 Å². The van der Waals surface area contributed by atoms with Crippen LogP contribution in [0.1, 0.15) is 0 Å². The zero-order chi connectivity index (χ0) is 15.2. The van der Waals surface area contributed by atoms with E-state index in [0.717, 1.165) is 6.26 Å². The lowest BCUT2D eigenvalue weighted by Gasteiger charge is -2.03. The number of imidazole rings is 1. The van der Waals surface area contributed by atoms with E-state index in [-0.39, 0.29) is 33.3 Å². The number of para-hydroxylation sites is 1. The Morgan fingerprint density at radius 2 is 1.67 bits per heavy atom. The Morgan fingerprint density at radius 1 is 1.05 bits per heavy atom. The van der Waals surface area contributed by atoms with Crippen LogP contribution in [0.25, 0.3) is 22.4 Å². The summed E-state index contributed by atoms with van der Waals surface area (Å²) >= 11 is 0. The summed E-state index contributed by atoms with van der Waals surface area (Å²) in [7, 11) is -3.43. The second-order valence-corrected chi connectivity index (χ2v) is 6.67. The molecule has 3 aromatic rings. The summed E-state index contributed by atoms with van der Waals surface area (Å²) in [5.41, 5.74) is 0.918. The summed E-state index contributed by atoms with van der Waals surface area (Å²) in [5, 5.41) is 19.7. The van der Waals surface area contributed by atoms with Crippen LogP contribution in [0.2, 0.25) is 0 Å². The Labute approximate surface area is 120 Å². The van der Waals surface area contributed by atoms with Crippen LogP contribution < -0.4 is 0 Å². The number of nitrogens with zero attached hydrogens (tertiary/aromatic N) is 1. The maximum Gasteiger partial charge on any atom is 0.177 e. The quantitative estimate of drug-likeness (QED) is 0.672. The highest BCUT2D eigenvalue weighted by Gasteiger charge is 2.18. The molecule has 0 saturated carbocycles. The number of fused-ring (bicyclic) bond motifs is 1. The van der Waals surface area contributed by atoms with Gasteiger partial charge in [-0.05, 0) is 24.3 Å². The van der Waals surface area contributed by atoms with Crippen molar-refractivity contribution in [2.75, 3.05) is 6.26 Å². The van der Waals surface area contributed by atoms with E-state index in [0.29, 0.717) is 5.52 Å². The lowest BCUT2D eigenvalue weighted by molar-refractivity contribution is 0.453. The molecule has 0 unspecified atom stereocenters. The summed E-state index contributed by atoms with van der Waals surface area (Å²) in [6.07, 6.45) is 1.10. The van der Waals surface area contributed by atoms with Crippen LogP contribution in [-0.2, 0) is 9.84 Å². The third-order valence-electron chi connectivity index (χ3n) is 3.13. The molecule has 7 heteroatoms. The van der Waals surface area contributed by atoms with E-state index in [9.17, 15) is 18.6 Å². The van der Waals surface area contributed by atoms with Crippen molar-refractivity contribution in [3.05, 3.63) is 36.4 Å². The van der Waals surface area contributed by atoms with Crippen molar-refractivity contribution in [3.63, 3.8) is 0 Å². The topological polar surface area (TPSA) is 103 Å². The minimum absolute atomic E-state index is 0.0948. The van der Waals surface area contributed by atoms with Crippen molar-refractivity contribution in [3.8, 4) is 22.9 Å².